The van der Waals surface area contributed by atoms with E-state index in [-0.39, 0.29) is 0 Å². The van der Waals surface area contributed by atoms with E-state index >= 15 is 0 Å². The van der Waals surface area contributed by atoms with Crippen LogP contribution in [0.5, 0.6) is 5.88 Å². The largest absolute Gasteiger partial charge is 0.477 e. The van der Waals surface area contributed by atoms with Crippen LogP contribution in [0.3, 0.4) is 0 Å². The summed E-state index contributed by atoms with van der Waals surface area (Å²) < 4.78 is 5.58. The predicted octanol–water partition coefficient (Wildman–Crippen LogP) is 0.773. The Kier molecular flexibility index (Phi) is 2.93. The van der Waals surface area contributed by atoms with Crippen molar-refractivity contribution in [2.45, 2.75) is 13.3 Å². The molecule has 76 valence electrons. The van der Waals surface area contributed by atoms with Crippen molar-refractivity contribution in [1.29, 1.82) is 0 Å². The fourth-order valence-corrected chi connectivity index (χ4v) is 1.57. The third kappa shape index (κ3) is 2.42. The number of aryl methyl sites for hydroxylation is 1. The molecule has 0 saturated carbocycles. The molecule has 0 spiro atoms. The minimum absolute atomic E-state index is 0.630. The zero-order chi connectivity index (χ0) is 9.80. The van der Waals surface area contributed by atoms with E-state index < -0.39 is 0 Å². The van der Waals surface area contributed by atoms with Crippen molar-refractivity contribution in [3.63, 3.8) is 0 Å². The van der Waals surface area contributed by atoms with E-state index in [1.54, 1.807) is 12.3 Å². The highest BCUT2D eigenvalue weighted by molar-refractivity contribution is 5.07. The molecule has 1 aromatic rings. The summed E-state index contributed by atoms with van der Waals surface area (Å²) in [4.78, 5) is 8.20. The summed E-state index contributed by atoms with van der Waals surface area (Å²) in [5.41, 5.74) is 0. The first-order chi connectivity index (χ1) is 6.84. The number of rotatable bonds is 3. The van der Waals surface area contributed by atoms with Gasteiger partial charge in [0.15, 0.2) is 0 Å². The molecule has 0 bridgehead atoms. The molecule has 1 unspecified atom stereocenters. The number of aromatic nitrogens is 2. The smallest absolute Gasteiger partial charge is 0.216 e. The van der Waals surface area contributed by atoms with Crippen molar-refractivity contribution in [2.75, 3.05) is 19.7 Å². The molecule has 2 heterocycles. The lowest BCUT2D eigenvalue weighted by atomic mass is 10.1. The van der Waals surface area contributed by atoms with Gasteiger partial charge in [0, 0.05) is 24.7 Å². The third-order valence-electron chi connectivity index (χ3n) is 2.38. The van der Waals surface area contributed by atoms with E-state index in [2.05, 4.69) is 15.3 Å². The average Bonchev–Trinajstić information content (AvgIpc) is 2.67. The van der Waals surface area contributed by atoms with Crippen LogP contribution in [-0.2, 0) is 0 Å². The van der Waals surface area contributed by atoms with E-state index in [1.807, 2.05) is 6.92 Å². The molecule has 14 heavy (non-hydrogen) atoms. The molecular weight excluding hydrogens is 178 g/mol. The zero-order valence-electron chi connectivity index (χ0n) is 8.36. The molecule has 1 atom stereocenters. The summed E-state index contributed by atoms with van der Waals surface area (Å²) in [6.45, 7) is 4.79. The molecule has 0 aliphatic carbocycles. The van der Waals surface area contributed by atoms with Crippen molar-refractivity contribution in [3.05, 3.63) is 18.1 Å². The van der Waals surface area contributed by atoms with E-state index in [4.69, 9.17) is 4.74 Å². The first-order valence-electron chi connectivity index (χ1n) is 4.98. The molecule has 0 aromatic carbocycles. The molecule has 1 fully saturated rings. The average molecular weight is 193 g/mol. The standard InChI is InChI=1S/C10H15N3O/c1-8-12-5-3-10(13-8)14-7-9-2-4-11-6-9/h3,5,9,11H,2,4,6-7H2,1H3. The van der Waals surface area contributed by atoms with Gasteiger partial charge in [-0.25, -0.2) is 4.98 Å². The minimum atomic E-state index is 0.630. The fourth-order valence-electron chi connectivity index (χ4n) is 1.57. The normalized spacial score (nSPS) is 21.1. The second-order valence-corrected chi connectivity index (χ2v) is 3.61. The van der Waals surface area contributed by atoms with E-state index in [0.29, 0.717) is 11.8 Å². The first kappa shape index (κ1) is 9.40. The topological polar surface area (TPSA) is 47.0 Å². The summed E-state index contributed by atoms with van der Waals surface area (Å²) in [7, 11) is 0. The molecule has 1 N–H and O–H groups in total. The van der Waals surface area contributed by atoms with Gasteiger partial charge in [-0.15, -0.1) is 0 Å². The van der Waals surface area contributed by atoms with E-state index in [1.165, 1.54) is 6.42 Å². The molecular formula is C10H15N3O. The van der Waals surface area contributed by atoms with Crippen LogP contribution in [0, 0.1) is 12.8 Å². The van der Waals surface area contributed by atoms with Gasteiger partial charge in [0.1, 0.15) is 5.82 Å². The summed E-state index contributed by atoms with van der Waals surface area (Å²) >= 11 is 0. The van der Waals surface area contributed by atoms with Gasteiger partial charge in [0.05, 0.1) is 6.61 Å². The van der Waals surface area contributed by atoms with E-state index in [9.17, 15) is 0 Å². The quantitative estimate of drug-likeness (QED) is 0.770. The Morgan fingerprint density at radius 3 is 3.29 bits per heavy atom. The van der Waals surface area contributed by atoms with Crippen molar-refractivity contribution >= 4 is 0 Å². The maximum absolute atomic E-state index is 5.58. The number of nitrogens with zero attached hydrogens (tertiary/aromatic N) is 2. The van der Waals surface area contributed by atoms with Gasteiger partial charge in [-0.2, -0.15) is 4.98 Å². The van der Waals surface area contributed by atoms with Gasteiger partial charge in [0.25, 0.3) is 0 Å². The minimum Gasteiger partial charge on any atom is -0.477 e. The first-order valence-corrected chi connectivity index (χ1v) is 4.98. The van der Waals surface area contributed by atoms with Crippen molar-refractivity contribution in [2.24, 2.45) is 5.92 Å². The Morgan fingerprint density at radius 2 is 2.57 bits per heavy atom. The fraction of sp³-hybridized carbons (Fsp3) is 0.600. The molecule has 4 heteroatoms. The summed E-state index contributed by atoms with van der Waals surface area (Å²) in [6, 6.07) is 1.80. The highest BCUT2D eigenvalue weighted by Crippen LogP contribution is 2.11. The lowest BCUT2D eigenvalue weighted by molar-refractivity contribution is 0.250. The summed E-state index contributed by atoms with van der Waals surface area (Å²) in [5, 5.41) is 3.31. The summed E-state index contributed by atoms with van der Waals surface area (Å²) in [5.74, 6) is 2.07. The van der Waals surface area contributed by atoms with Crippen LogP contribution in [0.15, 0.2) is 12.3 Å². The monoisotopic (exact) mass is 193 g/mol. The van der Waals surface area contributed by atoms with Gasteiger partial charge in [0.2, 0.25) is 5.88 Å². The van der Waals surface area contributed by atoms with Crippen LogP contribution < -0.4 is 10.1 Å². The zero-order valence-corrected chi connectivity index (χ0v) is 8.36. The van der Waals surface area contributed by atoms with Gasteiger partial charge in [-0.05, 0) is 19.9 Å². The highest BCUT2D eigenvalue weighted by atomic mass is 16.5. The van der Waals surface area contributed by atoms with Crippen LogP contribution in [-0.4, -0.2) is 29.7 Å². The summed E-state index contributed by atoms with van der Waals surface area (Å²) in [6.07, 6.45) is 2.93. The molecule has 2 rings (SSSR count). The molecule has 0 radical (unpaired) electrons. The van der Waals surface area contributed by atoms with Gasteiger partial charge >= 0.3 is 0 Å². The van der Waals surface area contributed by atoms with Crippen molar-refractivity contribution in [3.8, 4) is 5.88 Å². The Balaban J connectivity index is 1.85. The van der Waals surface area contributed by atoms with Crippen LogP contribution in [0.2, 0.25) is 0 Å². The lowest BCUT2D eigenvalue weighted by Crippen LogP contribution is -2.16. The SMILES string of the molecule is Cc1nccc(OCC2CCNC2)n1. The van der Waals surface area contributed by atoms with Gasteiger partial charge in [-0.1, -0.05) is 0 Å². The Bertz CT molecular complexity index is 297. The Hall–Kier alpha value is -1.16. The highest BCUT2D eigenvalue weighted by Gasteiger charge is 2.14. The second kappa shape index (κ2) is 4.37. The number of hydrogen-bond donors (Lipinski definition) is 1. The number of hydrogen-bond acceptors (Lipinski definition) is 4. The molecule has 1 aromatic heterocycles. The second-order valence-electron chi connectivity index (χ2n) is 3.61. The maximum atomic E-state index is 5.58. The van der Waals surface area contributed by atoms with Crippen LogP contribution in [0.1, 0.15) is 12.2 Å². The molecule has 1 aliphatic rings. The molecule has 1 saturated heterocycles. The van der Waals surface area contributed by atoms with Crippen molar-refractivity contribution < 1.29 is 4.74 Å². The molecule has 1 aliphatic heterocycles. The Labute approximate surface area is 83.7 Å². The lowest BCUT2D eigenvalue weighted by Gasteiger charge is -2.09. The van der Waals surface area contributed by atoms with Crippen LogP contribution in [0.25, 0.3) is 0 Å². The third-order valence-corrected chi connectivity index (χ3v) is 2.38. The molecule has 4 nitrogen and oxygen atoms in total. The van der Waals surface area contributed by atoms with Gasteiger partial charge < -0.3 is 10.1 Å². The van der Waals surface area contributed by atoms with Gasteiger partial charge in [-0.3, -0.25) is 0 Å². The Morgan fingerprint density at radius 1 is 1.64 bits per heavy atom. The van der Waals surface area contributed by atoms with Crippen molar-refractivity contribution in [1.82, 2.24) is 15.3 Å². The van der Waals surface area contributed by atoms with Crippen LogP contribution in [0.4, 0.5) is 0 Å². The maximum Gasteiger partial charge on any atom is 0.216 e. The number of ether oxygens (including phenoxy) is 1. The number of nitrogens with one attached hydrogen (secondary N) is 1. The predicted molar refractivity (Wildman–Crippen MR) is 53.2 cm³/mol. The van der Waals surface area contributed by atoms with E-state index in [0.717, 1.165) is 25.5 Å². The molecule has 0 amide bonds. The van der Waals surface area contributed by atoms with Crippen LogP contribution >= 0.6 is 0 Å².